The van der Waals surface area contributed by atoms with E-state index in [4.69, 9.17) is 0 Å². The number of aliphatic hydroxyl groups is 1. The summed E-state index contributed by atoms with van der Waals surface area (Å²) in [5.41, 5.74) is -1.04. The van der Waals surface area contributed by atoms with E-state index in [1.54, 1.807) is 6.92 Å². The smallest absolute Gasteiger partial charge is 1.00 e. The van der Waals surface area contributed by atoms with Gasteiger partial charge in [0.1, 0.15) is 23.3 Å². The van der Waals surface area contributed by atoms with E-state index >= 15 is 0 Å². The summed E-state index contributed by atoms with van der Waals surface area (Å²) in [5.74, 6) is -3.05. The molecule has 2 nitrogen and oxygen atoms in total. The van der Waals surface area contributed by atoms with Gasteiger partial charge in [0, 0.05) is 17.7 Å². The van der Waals surface area contributed by atoms with Crippen molar-refractivity contribution in [2.24, 2.45) is 5.92 Å². The van der Waals surface area contributed by atoms with Crippen molar-refractivity contribution in [1.82, 2.24) is 0 Å². The van der Waals surface area contributed by atoms with Crippen molar-refractivity contribution < 1.29 is 44.4 Å². The number of hydrogen-bond acceptors (Lipinski definition) is 2. The molecule has 2 aromatic carbocycles. The Morgan fingerprint density at radius 1 is 1.00 bits per heavy atom. The second-order valence-corrected chi connectivity index (χ2v) is 7.09. The number of halogens is 5. The molecule has 30 heavy (non-hydrogen) atoms. The third-order valence-corrected chi connectivity index (χ3v) is 4.45. The Morgan fingerprint density at radius 2 is 1.47 bits per heavy atom. The number of benzene rings is 2. The van der Waals surface area contributed by atoms with Crippen LogP contribution < -0.4 is 17.0 Å². The quantitative estimate of drug-likeness (QED) is 0.305. The molecule has 0 aliphatic heterocycles. The number of hydrogen-bond donors (Lipinski definition) is 1. The third kappa shape index (κ3) is 9.04. The number of Topliss-reactive ketones (excluding diaryl/α,β-unsaturated/α-hetero) is 1. The molecule has 2 fully saturated rings. The number of carbonyl (C=O) groups excluding carboxylic acids is 1. The molecule has 0 bridgehead atoms. The average Bonchev–Trinajstić information content (AvgIpc) is 3.48. The Bertz CT molecular complexity index is 837. The Balaban J connectivity index is 0.000000472. The number of carbonyl (C=O) groups is 1. The number of ketones is 1. The SMILES string of the molecule is CC(=O)c1ccc(F)cc1F.CC(O)(c1ccc(F)cc1F)C1CC1.[Br-].[CH-]1CC1.[Mg+2]. The summed E-state index contributed by atoms with van der Waals surface area (Å²) in [6.07, 6.45) is 6.81. The first-order chi connectivity index (χ1) is 13.1. The molecule has 1 N–H and O–H groups in total. The van der Waals surface area contributed by atoms with Gasteiger partial charge in [-0.1, -0.05) is 6.07 Å². The third-order valence-electron chi connectivity index (χ3n) is 4.45. The summed E-state index contributed by atoms with van der Waals surface area (Å²) in [6.45, 7) is 2.82. The minimum atomic E-state index is -1.15. The van der Waals surface area contributed by atoms with Crippen molar-refractivity contribution in [3.63, 3.8) is 0 Å². The fourth-order valence-electron chi connectivity index (χ4n) is 2.54. The normalized spacial score (nSPS) is 15.6. The molecule has 160 valence electrons. The molecular weight excluding hydrogens is 476 g/mol. The van der Waals surface area contributed by atoms with Crippen molar-refractivity contribution in [3.8, 4) is 0 Å². The molecule has 1 atom stereocenters. The minimum Gasteiger partial charge on any atom is -1.00 e. The topological polar surface area (TPSA) is 37.3 Å². The Morgan fingerprint density at radius 3 is 1.83 bits per heavy atom. The molecule has 0 saturated heterocycles. The van der Waals surface area contributed by atoms with Crippen LogP contribution in [0.2, 0.25) is 0 Å². The van der Waals surface area contributed by atoms with Crippen LogP contribution in [0.5, 0.6) is 0 Å². The van der Waals surface area contributed by atoms with Crippen molar-refractivity contribution in [3.05, 3.63) is 77.2 Å². The Hall–Kier alpha value is -0.964. The second-order valence-electron chi connectivity index (χ2n) is 7.09. The molecule has 0 amide bonds. The van der Waals surface area contributed by atoms with Crippen LogP contribution in [-0.2, 0) is 5.60 Å². The maximum Gasteiger partial charge on any atom is 2.00 e. The van der Waals surface area contributed by atoms with Crippen LogP contribution in [0.3, 0.4) is 0 Å². The minimum absolute atomic E-state index is 0. The van der Waals surface area contributed by atoms with E-state index in [1.807, 2.05) is 0 Å². The van der Waals surface area contributed by atoms with Crippen molar-refractivity contribution in [2.45, 2.75) is 45.1 Å². The first kappa shape index (κ1) is 29.0. The molecule has 4 rings (SSSR count). The summed E-state index contributed by atoms with van der Waals surface area (Å²) >= 11 is 0. The van der Waals surface area contributed by atoms with E-state index in [0.717, 1.165) is 31.0 Å². The van der Waals surface area contributed by atoms with Crippen LogP contribution >= 0.6 is 0 Å². The molecule has 0 radical (unpaired) electrons. The number of rotatable bonds is 3. The second kappa shape index (κ2) is 12.8. The molecule has 2 aliphatic carbocycles. The van der Waals surface area contributed by atoms with Crippen molar-refractivity contribution in [1.29, 1.82) is 0 Å². The van der Waals surface area contributed by atoms with E-state index in [2.05, 4.69) is 6.42 Å². The summed E-state index contributed by atoms with van der Waals surface area (Å²) < 4.78 is 50.9. The van der Waals surface area contributed by atoms with Crippen LogP contribution in [0, 0.1) is 35.6 Å². The van der Waals surface area contributed by atoms with Gasteiger partial charge < -0.3 is 28.5 Å². The fourth-order valence-corrected chi connectivity index (χ4v) is 2.54. The van der Waals surface area contributed by atoms with Gasteiger partial charge >= 0.3 is 23.1 Å². The summed E-state index contributed by atoms with van der Waals surface area (Å²) in [5, 5.41) is 10.0. The molecule has 8 heteroatoms. The van der Waals surface area contributed by atoms with Crippen LogP contribution in [-0.4, -0.2) is 33.9 Å². The molecule has 2 aliphatic rings. The average molecular weight is 500 g/mol. The van der Waals surface area contributed by atoms with Gasteiger partial charge in [-0.2, -0.15) is 0 Å². The summed E-state index contributed by atoms with van der Waals surface area (Å²) in [4.78, 5) is 10.6. The first-order valence-electron chi connectivity index (χ1n) is 9.08. The van der Waals surface area contributed by atoms with Gasteiger partial charge in [0.15, 0.2) is 5.78 Å². The van der Waals surface area contributed by atoms with Gasteiger partial charge in [-0.15, -0.1) is 0 Å². The summed E-state index contributed by atoms with van der Waals surface area (Å²) in [7, 11) is 0. The predicted molar refractivity (Wildman–Crippen MR) is 104 cm³/mol. The standard InChI is InChI=1S/C11H12F2O.C8H6F2O.C3H5.BrH.Mg/c1-11(14,7-2-3-7)9-5-4-8(12)6-10(9)13;1-5(11)7-3-2-6(9)4-8(7)10;1-2-3-1;;/h4-7,14H,2-3H2,1H3;2-4H,1H3;1H,2-3H2;1H;/q;;-1;;+2/p-1. The fraction of sp³-hybridized carbons (Fsp3) is 0.364. The van der Waals surface area contributed by atoms with Crippen LogP contribution in [0.25, 0.3) is 0 Å². The van der Waals surface area contributed by atoms with Crippen LogP contribution in [0.1, 0.15) is 55.5 Å². The maximum atomic E-state index is 13.3. The van der Waals surface area contributed by atoms with Gasteiger partial charge in [0.25, 0.3) is 0 Å². The van der Waals surface area contributed by atoms with E-state index in [1.165, 1.54) is 31.9 Å². The summed E-state index contributed by atoms with van der Waals surface area (Å²) in [6, 6.07) is 6.19. The van der Waals surface area contributed by atoms with Crippen LogP contribution in [0.4, 0.5) is 17.6 Å². The van der Waals surface area contributed by atoms with Gasteiger partial charge in [-0.3, -0.25) is 4.79 Å². The van der Waals surface area contributed by atoms with E-state index in [9.17, 15) is 27.5 Å². The first-order valence-corrected chi connectivity index (χ1v) is 9.08. The van der Waals surface area contributed by atoms with Crippen LogP contribution in [0.15, 0.2) is 36.4 Å². The largest absolute Gasteiger partial charge is 2.00 e. The van der Waals surface area contributed by atoms with E-state index < -0.39 is 34.7 Å². The zero-order valence-electron chi connectivity index (χ0n) is 16.9. The van der Waals surface area contributed by atoms with Gasteiger partial charge in [0.05, 0.1) is 11.2 Å². The predicted octanol–water partition coefficient (Wildman–Crippen LogP) is 2.36. The molecule has 1 unspecified atom stereocenters. The Kier molecular flexibility index (Phi) is 12.4. The Labute approximate surface area is 201 Å². The molecule has 2 aromatic rings. The molecule has 0 aromatic heterocycles. The van der Waals surface area contributed by atoms with Crippen molar-refractivity contribution in [2.75, 3.05) is 0 Å². The van der Waals surface area contributed by atoms with Gasteiger partial charge in [-0.05, 0) is 50.8 Å². The molecule has 2 saturated carbocycles. The van der Waals surface area contributed by atoms with E-state index in [-0.39, 0.29) is 57.1 Å². The molecule has 0 spiro atoms. The monoisotopic (exact) mass is 498 g/mol. The zero-order valence-corrected chi connectivity index (χ0v) is 19.9. The molecular formula is C22H23BrF4MgO2. The zero-order chi connectivity index (χ0) is 20.9. The maximum absolute atomic E-state index is 13.3. The van der Waals surface area contributed by atoms with Gasteiger partial charge in [-0.25, -0.2) is 30.4 Å². The van der Waals surface area contributed by atoms with Gasteiger partial charge in [0.2, 0.25) is 0 Å². The van der Waals surface area contributed by atoms with E-state index in [0.29, 0.717) is 6.07 Å². The molecule has 0 heterocycles. The van der Waals surface area contributed by atoms with Crippen molar-refractivity contribution >= 4 is 28.8 Å².